The molecule has 4 heteroatoms. The molecule has 0 bridgehead atoms. The van der Waals surface area contributed by atoms with E-state index in [2.05, 4.69) is 4.98 Å². The van der Waals surface area contributed by atoms with E-state index < -0.39 is 0 Å². The van der Waals surface area contributed by atoms with Gasteiger partial charge in [-0.1, -0.05) is 6.07 Å². The number of rotatable bonds is 4. The molecule has 90 valence electrons. The van der Waals surface area contributed by atoms with Crippen molar-refractivity contribution < 1.29 is 13.9 Å². The van der Waals surface area contributed by atoms with Crippen LogP contribution < -0.4 is 9.47 Å². The lowest BCUT2D eigenvalue weighted by molar-refractivity contribution is 0.354. The number of aromatic nitrogens is 1. The normalized spacial score (nSPS) is 10.3. The third-order valence-electron chi connectivity index (χ3n) is 2.47. The van der Waals surface area contributed by atoms with Crippen molar-refractivity contribution in [1.29, 1.82) is 0 Å². The van der Waals surface area contributed by atoms with Gasteiger partial charge in [-0.05, 0) is 24.6 Å². The van der Waals surface area contributed by atoms with Crippen LogP contribution in [0.15, 0.2) is 28.9 Å². The summed E-state index contributed by atoms with van der Waals surface area (Å²) >= 11 is 0. The third kappa shape index (κ3) is 2.58. The van der Waals surface area contributed by atoms with Crippen LogP contribution in [0.3, 0.4) is 0 Å². The zero-order valence-electron chi connectivity index (χ0n) is 10.2. The van der Waals surface area contributed by atoms with Gasteiger partial charge in [-0.3, -0.25) is 0 Å². The second kappa shape index (κ2) is 4.91. The van der Waals surface area contributed by atoms with Crippen LogP contribution in [-0.4, -0.2) is 19.2 Å². The van der Waals surface area contributed by atoms with E-state index in [9.17, 15) is 0 Å². The molecule has 0 aliphatic rings. The lowest BCUT2D eigenvalue weighted by atomic mass is 10.1. The number of methoxy groups -OCH3 is 2. The van der Waals surface area contributed by atoms with Crippen LogP contribution in [0.5, 0.6) is 11.5 Å². The van der Waals surface area contributed by atoms with Crippen molar-refractivity contribution in [2.24, 2.45) is 0 Å². The van der Waals surface area contributed by atoms with Crippen molar-refractivity contribution in [3.63, 3.8) is 0 Å². The lowest BCUT2D eigenvalue weighted by Crippen LogP contribution is -1.94. The fourth-order valence-electron chi connectivity index (χ4n) is 1.65. The number of aryl methyl sites for hydroxylation is 1. The van der Waals surface area contributed by atoms with Crippen LogP contribution in [0, 0.1) is 6.92 Å². The van der Waals surface area contributed by atoms with Gasteiger partial charge in [-0.2, -0.15) is 0 Å². The average Bonchev–Trinajstić information content (AvgIpc) is 2.74. The Hall–Kier alpha value is -1.97. The third-order valence-corrected chi connectivity index (χ3v) is 2.47. The second-order valence-corrected chi connectivity index (χ2v) is 3.75. The van der Waals surface area contributed by atoms with E-state index in [1.165, 1.54) is 0 Å². The molecule has 0 spiro atoms. The van der Waals surface area contributed by atoms with Gasteiger partial charge >= 0.3 is 0 Å². The summed E-state index contributed by atoms with van der Waals surface area (Å²) < 4.78 is 15.7. The number of benzene rings is 1. The Kier molecular flexibility index (Phi) is 3.32. The minimum absolute atomic E-state index is 0.647. The van der Waals surface area contributed by atoms with Crippen LogP contribution in [0.1, 0.15) is 17.1 Å². The zero-order valence-corrected chi connectivity index (χ0v) is 10.2. The van der Waals surface area contributed by atoms with Crippen molar-refractivity contribution in [2.45, 2.75) is 13.3 Å². The fraction of sp³-hybridized carbons (Fsp3) is 0.308. The molecule has 0 N–H and O–H groups in total. The number of nitrogens with zero attached hydrogens (tertiary/aromatic N) is 1. The number of oxazole rings is 1. The molecular formula is C13H15NO3. The van der Waals surface area contributed by atoms with Gasteiger partial charge < -0.3 is 13.9 Å². The zero-order chi connectivity index (χ0) is 12.3. The fourth-order valence-corrected chi connectivity index (χ4v) is 1.65. The first-order valence-electron chi connectivity index (χ1n) is 5.35. The van der Waals surface area contributed by atoms with Gasteiger partial charge in [0.05, 0.1) is 19.9 Å². The van der Waals surface area contributed by atoms with Crippen LogP contribution in [0.2, 0.25) is 0 Å². The van der Waals surface area contributed by atoms with Gasteiger partial charge in [0.25, 0.3) is 0 Å². The van der Waals surface area contributed by atoms with Crippen molar-refractivity contribution in [3.8, 4) is 11.5 Å². The summed E-state index contributed by atoms with van der Waals surface area (Å²) in [4.78, 5) is 4.27. The molecule has 0 amide bonds. The van der Waals surface area contributed by atoms with E-state index in [0.717, 1.165) is 17.0 Å². The SMILES string of the molecule is COc1ccc(Cc2nc(C)co2)cc1OC. The molecule has 17 heavy (non-hydrogen) atoms. The quantitative estimate of drug-likeness (QED) is 0.814. The maximum Gasteiger partial charge on any atom is 0.198 e. The Balaban J connectivity index is 2.22. The van der Waals surface area contributed by atoms with E-state index in [1.807, 2.05) is 25.1 Å². The molecular weight excluding hydrogens is 218 g/mol. The molecule has 0 saturated carbocycles. The Bertz CT molecular complexity index is 505. The van der Waals surface area contributed by atoms with Gasteiger partial charge in [0.15, 0.2) is 17.4 Å². The molecule has 0 atom stereocenters. The number of hydrogen-bond donors (Lipinski definition) is 0. The van der Waals surface area contributed by atoms with E-state index in [4.69, 9.17) is 13.9 Å². The topological polar surface area (TPSA) is 44.5 Å². The van der Waals surface area contributed by atoms with Gasteiger partial charge in [0, 0.05) is 6.42 Å². The summed E-state index contributed by atoms with van der Waals surface area (Å²) in [6.07, 6.45) is 2.30. The predicted octanol–water partition coefficient (Wildman–Crippen LogP) is 2.59. The first-order valence-corrected chi connectivity index (χ1v) is 5.35. The highest BCUT2D eigenvalue weighted by Gasteiger charge is 2.07. The van der Waals surface area contributed by atoms with Crippen molar-refractivity contribution in [1.82, 2.24) is 4.98 Å². The van der Waals surface area contributed by atoms with Crippen molar-refractivity contribution in [3.05, 3.63) is 41.6 Å². The van der Waals surface area contributed by atoms with E-state index in [-0.39, 0.29) is 0 Å². The molecule has 1 aromatic carbocycles. The summed E-state index contributed by atoms with van der Waals surface area (Å²) in [5.74, 6) is 2.14. The molecule has 0 aliphatic carbocycles. The van der Waals surface area contributed by atoms with Crippen LogP contribution in [0.25, 0.3) is 0 Å². The molecule has 0 saturated heterocycles. The minimum Gasteiger partial charge on any atom is -0.493 e. The van der Waals surface area contributed by atoms with E-state index >= 15 is 0 Å². The lowest BCUT2D eigenvalue weighted by Gasteiger charge is -2.08. The molecule has 2 aromatic rings. The maximum absolute atomic E-state index is 5.32. The van der Waals surface area contributed by atoms with Crippen LogP contribution in [0.4, 0.5) is 0 Å². The van der Waals surface area contributed by atoms with E-state index in [1.54, 1.807) is 20.5 Å². The van der Waals surface area contributed by atoms with Crippen LogP contribution in [-0.2, 0) is 6.42 Å². The highest BCUT2D eigenvalue weighted by molar-refractivity contribution is 5.43. The summed E-state index contributed by atoms with van der Waals surface area (Å²) in [7, 11) is 3.24. The van der Waals surface area contributed by atoms with Gasteiger partial charge in [0.2, 0.25) is 0 Å². The maximum atomic E-state index is 5.32. The number of ether oxygens (including phenoxy) is 2. The molecule has 0 radical (unpaired) electrons. The Morgan fingerprint density at radius 1 is 1.18 bits per heavy atom. The molecule has 0 unspecified atom stereocenters. The molecule has 0 fully saturated rings. The molecule has 2 rings (SSSR count). The second-order valence-electron chi connectivity index (χ2n) is 3.75. The Labute approximate surface area is 100 Å². The summed E-state index contributed by atoms with van der Waals surface area (Å²) in [6.45, 7) is 1.90. The van der Waals surface area contributed by atoms with Crippen LogP contribution >= 0.6 is 0 Å². The molecule has 1 heterocycles. The molecule has 1 aromatic heterocycles. The Morgan fingerprint density at radius 3 is 2.53 bits per heavy atom. The van der Waals surface area contributed by atoms with Gasteiger partial charge in [-0.15, -0.1) is 0 Å². The number of hydrogen-bond acceptors (Lipinski definition) is 4. The van der Waals surface area contributed by atoms with Gasteiger partial charge in [0.1, 0.15) is 6.26 Å². The smallest absolute Gasteiger partial charge is 0.198 e. The standard InChI is InChI=1S/C13H15NO3/c1-9-8-17-13(14-9)7-10-4-5-11(15-2)12(6-10)16-3/h4-6,8H,7H2,1-3H3. The molecule has 4 nitrogen and oxygen atoms in total. The highest BCUT2D eigenvalue weighted by atomic mass is 16.5. The first kappa shape index (κ1) is 11.5. The van der Waals surface area contributed by atoms with Crippen molar-refractivity contribution >= 4 is 0 Å². The first-order chi connectivity index (χ1) is 8.22. The van der Waals surface area contributed by atoms with Crippen molar-refractivity contribution in [2.75, 3.05) is 14.2 Å². The van der Waals surface area contributed by atoms with E-state index in [0.29, 0.717) is 18.1 Å². The highest BCUT2D eigenvalue weighted by Crippen LogP contribution is 2.28. The molecule has 0 aliphatic heterocycles. The summed E-state index contributed by atoms with van der Waals surface area (Å²) in [5, 5.41) is 0. The summed E-state index contributed by atoms with van der Waals surface area (Å²) in [5.41, 5.74) is 1.96. The van der Waals surface area contributed by atoms with Gasteiger partial charge in [-0.25, -0.2) is 4.98 Å². The Morgan fingerprint density at radius 2 is 1.94 bits per heavy atom. The minimum atomic E-state index is 0.647. The average molecular weight is 233 g/mol. The monoisotopic (exact) mass is 233 g/mol. The largest absolute Gasteiger partial charge is 0.493 e. The summed E-state index contributed by atoms with van der Waals surface area (Å²) in [6, 6.07) is 5.78. The predicted molar refractivity (Wildman–Crippen MR) is 63.6 cm³/mol.